The van der Waals surface area contributed by atoms with Gasteiger partial charge >= 0.3 is 6.01 Å². The average Bonchev–Trinajstić information content (AvgIpc) is 2.86. The quantitative estimate of drug-likeness (QED) is 0.801. The number of rotatable bonds is 6. The lowest BCUT2D eigenvalue weighted by molar-refractivity contribution is 0.342. The molecular weight excluding hydrogens is 256 g/mol. The highest BCUT2D eigenvalue weighted by molar-refractivity contribution is 5.32. The van der Waals surface area contributed by atoms with Gasteiger partial charge in [-0.25, -0.2) is 0 Å². The first kappa shape index (κ1) is 14.3. The van der Waals surface area contributed by atoms with Gasteiger partial charge in [-0.2, -0.15) is 0 Å². The molecule has 0 unspecified atom stereocenters. The number of ether oxygens (including phenoxy) is 1. The van der Waals surface area contributed by atoms with Gasteiger partial charge in [-0.05, 0) is 31.8 Å². The van der Waals surface area contributed by atoms with Crippen LogP contribution in [0.4, 0.5) is 6.01 Å². The van der Waals surface area contributed by atoms with Crippen LogP contribution in [0.2, 0.25) is 0 Å². The molecule has 2 rings (SSSR count). The molecule has 0 saturated carbocycles. The molecule has 108 valence electrons. The van der Waals surface area contributed by atoms with Gasteiger partial charge in [0, 0.05) is 13.6 Å². The second-order valence-electron chi connectivity index (χ2n) is 4.92. The average molecular weight is 276 g/mol. The minimum absolute atomic E-state index is 0.518. The molecule has 0 spiro atoms. The third-order valence-corrected chi connectivity index (χ3v) is 2.79. The molecule has 0 aliphatic carbocycles. The van der Waals surface area contributed by atoms with E-state index in [2.05, 4.69) is 10.2 Å². The molecule has 0 amide bonds. The molecule has 6 heteroatoms. The Morgan fingerprint density at radius 2 is 1.95 bits per heavy atom. The predicted octanol–water partition coefficient (Wildman–Crippen LogP) is 1.78. The van der Waals surface area contributed by atoms with Gasteiger partial charge in [0.25, 0.3) is 0 Å². The first-order chi connectivity index (χ1) is 9.58. The molecule has 1 aromatic carbocycles. The molecule has 20 heavy (non-hydrogen) atoms. The van der Waals surface area contributed by atoms with Crippen LogP contribution in [0.15, 0.2) is 28.7 Å². The van der Waals surface area contributed by atoms with Crippen molar-refractivity contribution >= 4 is 6.01 Å². The van der Waals surface area contributed by atoms with E-state index in [-0.39, 0.29) is 0 Å². The predicted molar refractivity (Wildman–Crippen MR) is 76.8 cm³/mol. The Bertz CT molecular complexity index is 554. The molecule has 0 fully saturated rings. The molecule has 0 atom stereocenters. The molecule has 0 saturated heterocycles. The molecule has 1 heterocycles. The van der Waals surface area contributed by atoms with Crippen LogP contribution in [-0.2, 0) is 13.1 Å². The van der Waals surface area contributed by atoms with E-state index in [9.17, 15) is 0 Å². The van der Waals surface area contributed by atoms with Crippen LogP contribution in [0.3, 0.4) is 0 Å². The molecule has 0 bridgehead atoms. The van der Waals surface area contributed by atoms with Crippen LogP contribution >= 0.6 is 0 Å². The SMILES string of the molecule is COc1cccc(CN(C)c2nnc(CN(C)C)o2)c1. The topological polar surface area (TPSA) is 54.6 Å². The van der Waals surface area contributed by atoms with Crippen LogP contribution in [0.1, 0.15) is 11.5 Å². The summed E-state index contributed by atoms with van der Waals surface area (Å²) in [4.78, 5) is 3.90. The zero-order valence-electron chi connectivity index (χ0n) is 12.3. The van der Waals surface area contributed by atoms with E-state index < -0.39 is 0 Å². The molecule has 1 aromatic heterocycles. The van der Waals surface area contributed by atoms with Gasteiger partial charge in [0.2, 0.25) is 5.89 Å². The fourth-order valence-electron chi connectivity index (χ4n) is 1.85. The fraction of sp³-hybridized carbons (Fsp3) is 0.429. The highest BCUT2D eigenvalue weighted by Crippen LogP contribution is 2.17. The van der Waals surface area contributed by atoms with Crippen molar-refractivity contribution < 1.29 is 9.15 Å². The molecule has 0 aliphatic heterocycles. The molecule has 2 aromatic rings. The lowest BCUT2D eigenvalue weighted by Gasteiger charge is -2.14. The number of benzene rings is 1. The lowest BCUT2D eigenvalue weighted by atomic mass is 10.2. The maximum atomic E-state index is 5.62. The Labute approximate surface area is 119 Å². The Kier molecular flexibility index (Phi) is 4.57. The van der Waals surface area contributed by atoms with Crippen LogP contribution < -0.4 is 9.64 Å². The van der Waals surface area contributed by atoms with E-state index in [1.807, 2.05) is 55.2 Å². The second kappa shape index (κ2) is 6.38. The zero-order chi connectivity index (χ0) is 14.5. The zero-order valence-corrected chi connectivity index (χ0v) is 12.3. The number of anilines is 1. The number of hydrogen-bond acceptors (Lipinski definition) is 6. The minimum atomic E-state index is 0.518. The summed E-state index contributed by atoms with van der Waals surface area (Å²) >= 11 is 0. The first-order valence-electron chi connectivity index (χ1n) is 6.39. The van der Waals surface area contributed by atoms with Gasteiger partial charge in [0.05, 0.1) is 13.7 Å². The van der Waals surface area contributed by atoms with Crippen molar-refractivity contribution in [3.05, 3.63) is 35.7 Å². The standard InChI is InChI=1S/C14H20N4O2/c1-17(2)10-13-15-16-14(20-13)18(3)9-11-6-5-7-12(8-11)19-4/h5-8H,9-10H2,1-4H3. The summed E-state index contributed by atoms with van der Waals surface area (Å²) in [7, 11) is 7.51. The normalized spacial score (nSPS) is 10.8. The number of methoxy groups -OCH3 is 1. The van der Waals surface area contributed by atoms with E-state index in [4.69, 9.17) is 9.15 Å². The maximum absolute atomic E-state index is 5.62. The molecule has 0 N–H and O–H groups in total. The van der Waals surface area contributed by atoms with Crippen LogP contribution in [-0.4, -0.2) is 43.4 Å². The molecule has 0 aliphatic rings. The molecular formula is C14H20N4O2. The van der Waals surface area contributed by atoms with Crippen molar-refractivity contribution in [3.63, 3.8) is 0 Å². The minimum Gasteiger partial charge on any atom is -0.497 e. The second-order valence-corrected chi connectivity index (χ2v) is 4.92. The van der Waals surface area contributed by atoms with E-state index in [0.717, 1.165) is 11.3 Å². The van der Waals surface area contributed by atoms with Crippen molar-refractivity contribution in [2.75, 3.05) is 33.2 Å². The van der Waals surface area contributed by atoms with Crippen molar-refractivity contribution in [1.29, 1.82) is 0 Å². The highest BCUT2D eigenvalue weighted by Gasteiger charge is 2.11. The molecule has 6 nitrogen and oxygen atoms in total. The van der Waals surface area contributed by atoms with E-state index in [1.165, 1.54) is 0 Å². The summed E-state index contributed by atoms with van der Waals surface area (Å²) in [5.74, 6) is 1.46. The summed E-state index contributed by atoms with van der Waals surface area (Å²) < 4.78 is 10.8. The van der Waals surface area contributed by atoms with Crippen molar-refractivity contribution in [2.24, 2.45) is 0 Å². The van der Waals surface area contributed by atoms with Crippen LogP contribution in [0.5, 0.6) is 5.75 Å². The monoisotopic (exact) mass is 276 g/mol. The largest absolute Gasteiger partial charge is 0.497 e. The number of hydrogen-bond donors (Lipinski definition) is 0. The smallest absolute Gasteiger partial charge is 0.318 e. The first-order valence-corrected chi connectivity index (χ1v) is 6.39. The Hall–Kier alpha value is -2.08. The number of aromatic nitrogens is 2. The summed E-state index contributed by atoms with van der Waals surface area (Å²) in [5.41, 5.74) is 1.12. The highest BCUT2D eigenvalue weighted by atomic mass is 16.5. The van der Waals surface area contributed by atoms with Gasteiger partial charge in [-0.1, -0.05) is 17.2 Å². The van der Waals surface area contributed by atoms with Gasteiger partial charge in [0.1, 0.15) is 5.75 Å². The van der Waals surface area contributed by atoms with Gasteiger partial charge < -0.3 is 19.0 Å². The van der Waals surface area contributed by atoms with Crippen molar-refractivity contribution in [3.8, 4) is 5.75 Å². The summed E-state index contributed by atoms with van der Waals surface area (Å²) in [6.07, 6.45) is 0. The lowest BCUT2D eigenvalue weighted by Crippen LogP contribution is -2.16. The van der Waals surface area contributed by atoms with Crippen molar-refractivity contribution in [1.82, 2.24) is 15.1 Å². The molecule has 0 radical (unpaired) electrons. The van der Waals surface area contributed by atoms with Gasteiger partial charge in [-0.15, -0.1) is 5.10 Å². The van der Waals surface area contributed by atoms with E-state index in [0.29, 0.717) is 25.0 Å². The van der Waals surface area contributed by atoms with Crippen molar-refractivity contribution in [2.45, 2.75) is 13.1 Å². The Morgan fingerprint density at radius 3 is 2.65 bits per heavy atom. The third-order valence-electron chi connectivity index (χ3n) is 2.79. The fourth-order valence-corrected chi connectivity index (χ4v) is 1.85. The van der Waals surface area contributed by atoms with Gasteiger partial charge in [0.15, 0.2) is 0 Å². The van der Waals surface area contributed by atoms with Crippen LogP contribution in [0, 0.1) is 0 Å². The summed E-state index contributed by atoms with van der Waals surface area (Å²) in [5, 5.41) is 8.09. The number of nitrogens with zero attached hydrogens (tertiary/aromatic N) is 4. The summed E-state index contributed by atoms with van der Waals surface area (Å²) in [6.45, 7) is 1.32. The van der Waals surface area contributed by atoms with Crippen LogP contribution in [0.25, 0.3) is 0 Å². The Balaban J connectivity index is 2.03. The van der Waals surface area contributed by atoms with Gasteiger partial charge in [-0.3, -0.25) is 0 Å². The third kappa shape index (κ3) is 3.71. The maximum Gasteiger partial charge on any atom is 0.318 e. The van der Waals surface area contributed by atoms with E-state index >= 15 is 0 Å². The van der Waals surface area contributed by atoms with E-state index in [1.54, 1.807) is 7.11 Å². The summed E-state index contributed by atoms with van der Waals surface area (Å²) in [6, 6.07) is 8.44. The Morgan fingerprint density at radius 1 is 1.15 bits per heavy atom.